The van der Waals surface area contributed by atoms with Crippen LogP contribution in [0.5, 0.6) is 0 Å². The van der Waals surface area contributed by atoms with Gasteiger partial charge in [0.05, 0.1) is 0 Å². The molecule has 2 atom stereocenters. The first kappa shape index (κ1) is 24.1. The second-order valence-corrected chi connectivity index (χ2v) is 7.72. The second kappa shape index (κ2) is 8.63. The van der Waals surface area contributed by atoms with Gasteiger partial charge in [-0.3, -0.25) is 0 Å². The molecule has 0 heterocycles. The van der Waals surface area contributed by atoms with Gasteiger partial charge in [-0.05, 0) is 0 Å². The molecule has 0 saturated heterocycles. The quantitative estimate of drug-likeness (QED) is 0.539. The average Bonchev–Trinajstić information content (AvgIpc) is 2.89. The van der Waals surface area contributed by atoms with Crippen LogP contribution in [0.1, 0.15) is 27.7 Å². The summed E-state index contributed by atoms with van der Waals surface area (Å²) in [6, 6.07) is 8.12. The molecule has 3 radical (unpaired) electrons. The van der Waals surface area contributed by atoms with Crippen molar-refractivity contribution in [1.82, 2.24) is 0 Å². The van der Waals surface area contributed by atoms with E-state index in [1.807, 2.05) is 31.3 Å². The van der Waals surface area contributed by atoms with Crippen molar-refractivity contribution in [2.24, 2.45) is 17.3 Å². The summed E-state index contributed by atoms with van der Waals surface area (Å²) in [6.45, 7) is 8.56. The van der Waals surface area contributed by atoms with Crippen LogP contribution in [-0.4, -0.2) is 45.9 Å². The van der Waals surface area contributed by atoms with E-state index in [4.69, 9.17) is 0 Å². The maximum absolute atomic E-state index is 12.7. The van der Waals surface area contributed by atoms with Crippen molar-refractivity contribution >= 4 is 32.5 Å². The van der Waals surface area contributed by atoms with E-state index < -0.39 is 0 Å². The number of allylic oxidation sites excluding steroid dienone is 2. The van der Waals surface area contributed by atoms with Gasteiger partial charge in [0.1, 0.15) is 0 Å². The summed E-state index contributed by atoms with van der Waals surface area (Å²) in [4.78, 5) is 14.5. The predicted octanol–water partition coefficient (Wildman–Crippen LogP) is 0.207. The van der Waals surface area contributed by atoms with E-state index in [1.165, 1.54) is 9.97 Å². The Morgan fingerprint density at radius 3 is 2.04 bits per heavy atom. The van der Waals surface area contributed by atoms with Crippen molar-refractivity contribution in [1.29, 1.82) is 0 Å². The van der Waals surface area contributed by atoms with Gasteiger partial charge >= 0.3 is 130 Å². The van der Waals surface area contributed by atoms with Crippen LogP contribution in [0.25, 0.3) is 0 Å². The van der Waals surface area contributed by atoms with E-state index in [0.29, 0.717) is 5.92 Å². The zero-order valence-corrected chi connectivity index (χ0v) is 16.5. The topological polar surface area (TPSA) is 115 Å². The van der Waals surface area contributed by atoms with E-state index >= 15 is 0 Å². The number of carbonyl (C=O) groups is 1. The van der Waals surface area contributed by atoms with Gasteiger partial charge in [0.25, 0.3) is 0 Å². The first-order valence-electron chi connectivity index (χ1n) is 6.99. The third kappa shape index (κ3) is 4.91. The molecule has 129 valence electrons. The standard InChI is InChI=1S/C17H22GeNO.3H2O/c1-11(2)10-14-15(17(14,3)4)16(20)19(5)13-8-6-12(18)7-9-13;;;/h6-10,14-15H,1-5H3;3*1H2. The summed E-state index contributed by atoms with van der Waals surface area (Å²) < 4.78 is 1.21. The molecule has 2 unspecified atom stereocenters. The molecule has 1 fully saturated rings. The Morgan fingerprint density at radius 2 is 1.61 bits per heavy atom. The molecule has 6 N–H and O–H groups in total. The van der Waals surface area contributed by atoms with Crippen molar-refractivity contribution in [2.45, 2.75) is 27.7 Å². The maximum atomic E-state index is 12.7. The summed E-state index contributed by atoms with van der Waals surface area (Å²) >= 11 is 2.06. The van der Waals surface area contributed by atoms with Gasteiger partial charge in [0.2, 0.25) is 0 Å². The zero-order valence-electron chi connectivity index (χ0n) is 14.4. The minimum Gasteiger partial charge on any atom is -0.412 e. The minimum absolute atomic E-state index is 0. The molecule has 1 saturated carbocycles. The van der Waals surface area contributed by atoms with Crippen molar-refractivity contribution in [3.8, 4) is 0 Å². The van der Waals surface area contributed by atoms with E-state index in [-0.39, 0.29) is 33.7 Å². The molecule has 23 heavy (non-hydrogen) atoms. The van der Waals surface area contributed by atoms with Crippen molar-refractivity contribution in [2.75, 3.05) is 11.9 Å². The summed E-state index contributed by atoms with van der Waals surface area (Å²) in [5.41, 5.74) is 2.34. The smallest absolute Gasteiger partial charge is 0.412 e. The Labute approximate surface area is 146 Å². The molecule has 1 aromatic rings. The Kier molecular flexibility index (Phi) is 9.05. The summed E-state index contributed by atoms with van der Waals surface area (Å²) in [5, 5.41) is 0. The third-order valence-corrected chi connectivity index (χ3v) is 4.97. The van der Waals surface area contributed by atoms with Crippen LogP contribution >= 0.6 is 0 Å². The van der Waals surface area contributed by atoms with Gasteiger partial charge in [-0.2, -0.15) is 0 Å². The monoisotopic (exact) mass is 384 g/mol. The molecule has 1 aliphatic rings. The largest absolute Gasteiger partial charge is 0.412 e. The van der Waals surface area contributed by atoms with Gasteiger partial charge in [-0.25, -0.2) is 0 Å². The van der Waals surface area contributed by atoms with Crippen LogP contribution in [0.15, 0.2) is 35.9 Å². The van der Waals surface area contributed by atoms with E-state index in [1.54, 1.807) is 4.90 Å². The van der Waals surface area contributed by atoms with Crippen LogP contribution < -0.4 is 9.30 Å². The number of benzene rings is 1. The summed E-state index contributed by atoms with van der Waals surface area (Å²) in [5.74, 6) is 0.693. The van der Waals surface area contributed by atoms with Crippen LogP contribution in [0.4, 0.5) is 5.69 Å². The molecule has 0 spiro atoms. The fraction of sp³-hybridized carbons (Fsp3) is 0.471. The molecular weight excluding hydrogens is 355 g/mol. The third-order valence-electron chi connectivity index (χ3n) is 4.27. The molecule has 0 aliphatic heterocycles. The number of nitrogens with zero attached hydrogens (tertiary/aromatic N) is 1. The Morgan fingerprint density at radius 1 is 1.13 bits per heavy atom. The minimum atomic E-state index is 0. The Hall–Kier alpha value is -1.15. The number of hydrogen-bond donors (Lipinski definition) is 0. The number of amides is 1. The van der Waals surface area contributed by atoms with Gasteiger partial charge in [-0.15, -0.1) is 0 Å². The summed E-state index contributed by atoms with van der Waals surface area (Å²) in [7, 11) is 1.88. The van der Waals surface area contributed by atoms with Gasteiger partial charge in [-0.1, -0.05) is 0 Å². The molecule has 1 aliphatic carbocycles. The van der Waals surface area contributed by atoms with Crippen molar-refractivity contribution in [3.63, 3.8) is 0 Å². The van der Waals surface area contributed by atoms with E-state index in [2.05, 4.69) is 50.3 Å². The van der Waals surface area contributed by atoms with Crippen LogP contribution in [0.2, 0.25) is 0 Å². The van der Waals surface area contributed by atoms with Gasteiger partial charge in [0.15, 0.2) is 0 Å². The number of anilines is 1. The predicted molar refractivity (Wildman–Crippen MR) is 96.3 cm³/mol. The number of carbonyl (C=O) groups excluding carboxylic acids is 1. The number of hydrogen-bond acceptors (Lipinski definition) is 1. The second-order valence-electron chi connectivity index (χ2n) is 6.51. The van der Waals surface area contributed by atoms with Gasteiger partial charge in [0, 0.05) is 0 Å². The molecule has 2 rings (SSSR count). The first-order chi connectivity index (χ1) is 9.25. The molecule has 1 amide bonds. The molecular formula is C17H28GeNO4. The molecule has 0 bridgehead atoms. The first-order valence-corrected chi connectivity index (χ1v) is 8.04. The molecule has 5 nitrogen and oxygen atoms in total. The number of rotatable bonds is 3. The SMILES string of the molecule is CC(C)=CC1C(C(=O)N(C)c2cc[c]([Ge])cc2)C1(C)C.O.O.O. The molecule has 6 heteroatoms. The fourth-order valence-corrected chi connectivity index (χ4v) is 3.19. The molecule has 1 aromatic carbocycles. The Bertz CT molecular complexity index is 550. The maximum Gasteiger partial charge on any atom is -0.412 e. The Balaban J connectivity index is 0. The van der Waals surface area contributed by atoms with Crippen LogP contribution in [0.3, 0.4) is 0 Å². The van der Waals surface area contributed by atoms with Crippen molar-refractivity contribution in [3.05, 3.63) is 35.9 Å². The van der Waals surface area contributed by atoms with E-state index in [9.17, 15) is 4.79 Å². The van der Waals surface area contributed by atoms with Crippen LogP contribution in [-0.2, 0) is 4.79 Å². The van der Waals surface area contributed by atoms with Crippen molar-refractivity contribution < 1.29 is 21.2 Å². The van der Waals surface area contributed by atoms with E-state index in [0.717, 1.165) is 5.69 Å². The fourth-order valence-electron chi connectivity index (χ4n) is 2.84. The summed E-state index contributed by atoms with van der Waals surface area (Å²) in [6.07, 6.45) is 2.24. The zero-order chi connectivity index (χ0) is 15.1. The average molecular weight is 383 g/mol. The molecule has 0 aromatic heterocycles. The normalized spacial score (nSPS) is 20.1. The van der Waals surface area contributed by atoms with Crippen LogP contribution in [0, 0.1) is 17.3 Å². The van der Waals surface area contributed by atoms with Gasteiger partial charge < -0.3 is 16.4 Å².